The van der Waals surface area contributed by atoms with Crippen molar-refractivity contribution in [2.45, 2.75) is 63.2 Å². The molecule has 0 aliphatic carbocycles. The lowest BCUT2D eigenvalue weighted by Gasteiger charge is -2.07. The second kappa shape index (κ2) is 15.1. The van der Waals surface area contributed by atoms with Crippen LogP contribution in [0.15, 0.2) is 59.5 Å². The number of carbonyl (C=O) groups excluding carboxylic acids is 1. The van der Waals surface area contributed by atoms with E-state index in [4.69, 9.17) is 16.3 Å². The Morgan fingerprint density at radius 3 is 2.17 bits per heavy atom. The third-order valence-corrected chi connectivity index (χ3v) is 5.95. The number of carbonyl (C=O) groups is 1. The van der Waals surface area contributed by atoms with Gasteiger partial charge in [0.25, 0.3) is 0 Å². The lowest BCUT2D eigenvalue weighted by molar-refractivity contribution is 0.108. The minimum Gasteiger partial charge on any atom is -0.494 e. The van der Waals surface area contributed by atoms with Crippen molar-refractivity contribution in [1.82, 2.24) is 0 Å². The molecule has 30 heavy (non-hydrogen) atoms. The largest absolute Gasteiger partial charge is 0.494 e. The molecule has 0 saturated carbocycles. The van der Waals surface area contributed by atoms with Gasteiger partial charge in [-0.1, -0.05) is 76.2 Å². The molecule has 0 amide bonds. The summed E-state index contributed by atoms with van der Waals surface area (Å²) in [4.78, 5) is 13.4. The smallest absolute Gasteiger partial charge is 0.224 e. The van der Waals surface area contributed by atoms with Crippen molar-refractivity contribution >= 4 is 34.6 Å². The van der Waals surface area contributed by atoms with Gasteiger partial charge in [-0.25, -0.2) is 0 Å². The SMILES string of the molecule is CCCCCCCCCCOc1ccc(C(=O)Sc2ccc(/C=C/CCl)cc2)cc1. The first kappa shape index (κ1) is 24.6. The fourth-order valence-electron chi connectivity index (χ4n) is 3.11. The van der Waals surface area contributed by atoms with E-state index >= 15 is 0 Å². The van der Waals surface area contributed by atoms with Crippen LogP contribution in [0.2, 0.25) is 0 Å². The summed E-state index contributed by atoms with van der Waals surface area (Å²) in [6.45, 7) is 2.99. The number of alkyl halides is 1. The Labute approximate surface area is 191 Å². The molecule has 2 aromatic carbocycles. The minimum atomic E-state index is 0.0358. The molecule has 0 aliphatic heterocycles. The van der Waals surface area contributed by atoms with Crippen LogP contribution in [0.5, 0.6) is 5.75 Å². The Balaban J connectivity index is 1.68. The van der Waals surface area contributed by atoms with Crippen molar-refractivity contribution in [3.63, 3.8) is 0 Å². The molecular weight excluding hydrogens is 412 g/mol. The molecule has 2 aromatic rings. The van der Waals surface area contributed by atoms with Gasteiger partial charge in [0.05, 0.1) is 6.61 Å². The second-order valence-corrected chi connectivity index (χ2v) is 8.72. The Morgan fingerprint density at radius 1 is 0.900 bits per heavy atom. The van der Waals surface area contributed by atoms with Crippen LogP contribution in [0.25, 0.3) is 6.08 Å². The van der Waals surface area contributed by atoms with Crippen LogP contribution in [0.3, 0.4) is 0 Å². The summed E-state index contributed by atoms with van der Waals surface area (Å²) in [5.41, 5.74) is 1.76. The fourth-order valence-corrected chi connectivity index (χ4v) is 3.94. The molecule has 0 bridgehead atoms. The summed E-state index contributed by atoms with van der Waals surface area (Å²) in [5, 5.41) is 0.0358. The van der Waals surface area contributed by atoms with E-state index in [1.807, 2.05) is 60.7 Å². The van der Waals surface area contributed by atoms with Gasteiger partial charge in [0, 0.05) is 16.3 Å². The summed E-state index contributed by atoms with van der Waals surface area (Å²) in [5.74, 6) is 1.32. The molecule has 0 saturated heterocycles. The molecule has 0 N–H and O–H groups in total. The van der Waals surface area contributed by atoms with Crippen molar-refractivity contribution in [3.8, 4) is 5.75 Å². The number of ether oxygens (including phenoxy) is 1. The third kappa shape index (κ3) is 9.86. The molecule has 162 valence electrons. The fraction of sp³-hybridized carbons (Fsp3) is 0.423. The zero-order chi connectivity index (χ0) is 21.4. The van der Waals surface area contributed by atoms with Gasteiger partial charge in [0.15, 0.2) is 0 Å². The van der Waals surface area contributed by atoms with E-state index in [0.29, 0.717) is 11.4 Å². The lowest BCUT2D eigenvalue weighted by atomic mass is 10.1. The number of hydrogen-bond donors (Lipinski definition) is 0. The molecule has 0 radical (unpaired) electrons. The molecule has 0 fully saturated rings. The highest BCUT2D eigenvalue weighted by Crippen LogP contribution is 2.25. The average Bonchev–Trinajstić information content (AvgIpc) is 2.78. The third-order valence-electron chi connectivity index (χ3n) is 4.85. The molecule has 0 spiro atoms. The van der Waals surface area contributed by atoms with E-state index in [0.717, 1.165) is 29.2 Å². The molecule has 0 heterocycles. The topological polar surface area (TPSA) is 26.3 Å². The minimum absolute atomic E-state index is 0.0358. The standard InChI is InChI=1S/C26H33ClO2S/c1-2-3-4-5-6-7-8-9-21-29-24-16-14-23(15-17-24)26(28)30-25-18-12-22(13-19-25)11-10-20-27/h10-19H,2-9,20-21H2,1H3/b11-10+. The number of thioether (sulfide) groups is 1. The van der Waals surface area contributed by atoms with Crippen LogP contribution < -0.4 is 4.74 Å². The highest BCUT2D eigenvalue weighted by Gasteiger charge is 2.08. The summed E-state index contributed by atoms with van der Waals surface area (Å²) < 4.78 is 5.82. The van der Waals surface area contributed by atoms with Gasteiger partial charge >= 0.3 is 0 Å². The van der Waals surface area contributed by atoms with Crippen molar-refractivity contribution in [2.75, 3.05) is 12.5 Å². The van der Waals surface area contributed by atoms with E-state index in [-0.39, 0.29) is 5.12 Å². The number of unbranched alkanes of at least 4 members (excludes halogenated alkanes) is 7. The first-order valence-corrected chi connectivity index (χ1v) is 12.4. The second-order valence-electron chi connectivity index (χ2n) is 7.36. The predicted octanol–water partition coefficient (Wildman–Crippen LogP) is 8.39. The van der Waals surface area contributed by atoms with Crippen LogP contribution in [-0.4, -0.2) is 17.6 Å². The number of halogens is 1. The highest BCUT2D eigenvalue weighted by molar-refractivity contribution is 8.14. The zero-order valence-electron chi connectivity index (χ0n) is 17.9. The Bertz CT molecular complexity index is 754. The number of rotatable bonds is 14. The summed E-state index contributed by atoms with van der Waals surface area (Å²) in [6.07, 6.45) is 14.2. The van der Waals surface area contributed by atoms with Gasteiger partial charge < -0.3 is 4.74 Å². The quantitative estimate of drug-likeness (QED) is 0.166. The van der Waals surface area contributed by atoms with Gasteiger partial charge in [0.2, 0.25) is 5.12 Å². The first-order valence-electron chi connectivity index (χ1n) is 11.0. The van der Waals surface area contributed by atoms with Crippen LogP contribution in [-0.2, 0) is 0 Å². The molecule has 4 heteroatoms. The van der Waals surface area contributed by atoms with Crippen molar-refractivity contribution in [3.05, 3.63) is 65.7 Å². The van der Waals surface area contributed by atoms with Gasteiger partial charge in [-0.3, -0.25) is 4.79 Å². The van der Waals surface area contributed by atoms with Crippen LogP contribution in [0, 0.1) is 0 Å². The first-order chi connectivity index (χ1) is 14.7. The van der Waals surface area contributed by atoms with Gasteiger partial charge in [-0.15, -0.1) is 11.6 Å². The zero-order valence-corrected chi connectivity index (χ0v) is 19.5. The number of benzene rings is 2. The van der Waals surface area contributed by atoms with E-state index in [1.165, 1.54) is 56.7 Å². The van der Waals surface area contributed by atoms with E-state index < -0.39 is 0 Å². The van der Waals surface area contributed by atoms with Crippen LogP contribution in [0.1, 0.15) is 74.2 Å². The molecule has 0 aliphatic rings. The van der Waals surface area contributed by atoms with Gasteiger partial charge in [-0.05, 0) is 60.1 Å². The van der Waals surface area contributed by atoms with Gasteiger partial charge in [0.1, 0.15) is 5.75 Å². The lowest BCUT2D eigenvalue weighted by Crippen LogP contribution is -1.98. The number of allylic oxidation sites excluding steroid dienone is 1. The van der Waals surface area contributed by atoms with E-state index in [1.54, 1.807) is 0 Å². The normalized spacial score (nSPS) is 11.1. The maximum Gasteiger partial charge on any atom is 0.224 e. The van der Waals surface area contributed by atoms with Crippen molar-refractivity contribution < 1.29 is 9.53 Å². The average molecular weight is 445 g/mol. The highest BCUT2D eigenvalue weighted by atomic mass is 35.5. The molecule has 0 aromatic heterocycles. The molecule has 2 nitrogen and oxygen atoms in total. The van der Waals surface area contributed by atoms with Gasteiger partial charge in [-0.2, -0.15) is 0 Å². The Hall–Kier alpha value is -1.71. The van der Waals surface area contributed by atoms with E-state index in [9.17, 15) is 4.79 Å². The maximum atomic E-state index is 12.5. The van der Waals surface area contributed by atoms with Crippen molar-refractivity contribution in [1.29, 1.82) is 0 Å². The molecule has 0 unspecified atom stereocenters. The monoisotopic (exact) mass is 444 g/mol. The predicted molar refractivity (Wildman–Crippen MR) is 131 cm³/mol. The Kier molecular flexibility index (Phi) is 12.4. The Morgan fingerprint density at radius 2 is 1.53 bits per heavy atom. The summed E-state index contributed by atoms with van der Waals surface area (Å²) >= 11 is 6.89. The summed E-state index contributed by atoms with van der Waals surface area (Å²) in [7, 11) is 0. The van der Waals surface area contributed by atoms with Crippen LogP contribution >= 0.6 is 23.4 Å². The molecule has 2 rings (SSSR count). The number of hydrogen-bond acceptors (Lipinski definition) is 3. The van der Waals surface area contributed by atoms with Crippen LogP contribution in [0.4, 0.5) is 0 Å². The molecular formula is C26H33ClO2S. The maximum absolute atomic E-state index is 12.5. The van der Waals surface area contributed by atoms with E-state index in [2.05, 4.69) is 6.92 Å². The van der Waals surface area contributed by atoms with Crippen molar-refractivity contribution in [2.24, 2.45) is 0 Å². The summed E-state index contributed by atoms with van der Waals surface area (Å²) in [6, 6.07) is 15.3. The molecule has 0 atom stereocenters.